The normalized spacial score (nSPS) is 11.7. The van der Waals surface area contributed by atoms with E-state index in [1.165, 1.54) is 38.5 Å². The van der Waals surface area contributed by atoms with Crippen LogP contribution in [0.5, 0.6) is 0 Å². The number of nitrogens with zero attached hydrogens (tertiary/aromatic N) is 2. The zero-order valence-electron chi connectivity index (χ0n) is 19.3. The highest BCUT2D eigenvalue weighted by Crippen LogP contribution is 2.29. The first-order chi connectivity index (χ1) is 12.7. The highest BCUT2D eigenvalue weighted by molar-refractivity contribution is 6.00. The van der Waals surface area contributed by atoms with E-state index in [-0.39, 0.29) is 17.2 Å². The van der Waals surface area contributed by atoms with Gasteiger partial charge < -0.3 is 9.80 Å². The van der Waals surface area contributed by atoms with Crippen LogP contribution in [0.2, 0.25) is 0 Å². The average molecular weight is 383 g/mol. The van der Waals surface area contributed by atoms with Gasteiger partial charge in [-0.3, -0.25) is 9.59 Å². The molecule has 27 heavy (non-hydrogen) atoms. The maximum absolute atomic E-state index is 13.0. The van der Waals surface area contributed by atoms with Gasteiger partial charge in [-0.1, -0.05) is 86.0 Å². The molecule has 0 saturated heterocycles. The minimum atomic E-state index is -0.598. The van der Waals surface area contributed by atoms with E-state index in [9.17, 15) is 9.59 Å². The molecule has 4 nitrogen and oxygen atoms in total. The van der Waals surface area contributed by atoms with Gasteiger partial charge >= 0.3 is 0 Å². The molecule has 0 aromatic heterocycles. The summed E-state index contributed by atoms with van der Waals surface area (Å²) < 4.78 is 0. The first kappa shape index (κ1) is 25.9. The van der Waals surface area contributed by atoms with Crippen LogP contribution in [0.1, 0.15) is 98.8 Å². The summed E-state index contributed by atoms with van der Waals surface area (Å²) in [5, 5.41) is 0. The molecule has 0 aliphatic carbocycles. The first-order valence-corrected chi connectivity index (χ1v) is 11.2. The third kappa shape index (κ3) is 10.8. The summed E-state index contributed by atoms with van der Waals surface area (Å²) in [6.45, 7) is 11.9. The predicted octanol–water partition coefficient (Wildman–Crippen LogP) is 5.51. The lowest BCUT2D eigenvalue weighted by molar-refractivity contribution is -0.150. The van der Waals surface area contributed by atoms with Crippen molar-refractivity contribution in [1.82, 2.24) is 9.80 Å². The Hall–Kier alpha value is -1.06. The van der Waals surface area contributed by atoms with E-state index in [4.69, 9.17) is 0 Å². The van der Waals surface area contributed by atoms with E-state index in [0.29, 0.717) is 0 Å². The summed E-state index contributed by atoms with van der Waals surface area (Å²) in [5.41, 5.74) is -0.374. The molecule has 0 unspecified atom stereocenters. The van der Waals surface area contributed by atoms with Crippen molar-refractivity contribution in [1.29, 1.82) is 0 Å². The largest absolute Gasteiger partial charge is 0.345 e. The molecule has 0 heterocycles. The second kappa shape index (κ2) is 14.0. The van der Waals surface area contributed by atoms with Crippen LogP contribution in [0.15, 0.2) is 0 Å². The standard InChI is InChI=1S/C23H46N2O2/c1-8-10-12-14-16-18-24(6)21(26)20(23(3,4)5)22(27)25(7)19-17-15-13-11-9-2/h20H,8-19H2,1-7H3. The number of hydrogen-bond donors (Lipinski definition) is 0. The van der Waals surface area contributed by atoms with Crippen molar-refractivity contribution in [2.45, 2.75) is 98.8 Å². The maximum atomic E-state index is 13.0. The minimum Gasteiger partial charge on any atom is -0.345 e. The van der Waals surface area contributed by atoms with Gasteiger partial charge in [-0.25, -0.2) is 0 Å². The molecule has 0 aromatic carbocycles. The molecule has 0 aromatic rings. The van der Waals surface area contributed by atoms with E-state index in [2.05, 4.69) is 13.8 Å². The van der Waals surface area contributed by atoms with Crippen molar-refractivity contribution < 1.29 is 9.59 Å². The summed E-state index contributed by atoms with van der Waals surface area (Å²) in [7, 11) is 3.69. The van der Waals surface area contributed by atoms with Crippen LogP contribution in [-0.2, 0) is 9.59 Å². The Bertz CT molecular complexity index is 383. The molecule has 0 fully saturated rings. The highest BCUT2D eigenvalue weighted by Gasteiger charge is 2.40. The lowest BCUT2D eigenvalue weighted by atomic mass is 9.78. The van der Waals surface area contributed by atoms with Gasteiger partial charge in [0.1, 0.15) is 5.92 Å². The van der Waals surface area contributed by atoms with Crippen molar-refractivity contribution in [2.24, 2.45) is 11.3 Å². The minimum absolute atomic E-state index is 0.0270. The Morgan fingerprint density at radius 1 is 0.667 bits per heavy atom. The third-order valence-electron chi connectivity index (χ3n) is 5.31. The van der Waals surface area contributed by atoms with E-state index in [1.54, 1.807) is 9.80 Å². The summed E-state index contributed by atoms with van der Waals surface area (Å²) in [6.07, 6.45) is 11.7. The van der Waals surface area contributed by atoms with Gasteiger partial charge in [-0.05, 0) is 18.3 Å². The quantitative estimate of drug-likeness (QED) is 0.294. The SMILES string of the molecule is CCCCCCCN(C)C(=O)C(C(=O)N(C)CCCCCCC)C(C)(C)C. The number of unbranched alkanes of at least 4 members (excludes halogenated alkanes) is 8. The summed E-state index contributed by atoms with van der Waals surface area (Å²) >= 11 is 0. The Morgan fingerprint density at radius 3 is 1.30 bits per heavy atom. The predicted molar refractivity (Wildman–Crippen MR) is 116 cm³/mol. The molecule has 2 amide bonds. The lowest BCUT2D eigenvalue weighted by Crippen LogP contribution is -2.49. The van der Waals surface area contributed by atoms with Crippen molar-refractivity contribution in [3.8, 4) is 0 Å². The van der Waals surface area contributed by atoms with Crippen LogP contribution in [0, 0.1) is 11.3 Å². The summed E-state index contributed by atoms with van der Waals surface area (Å²) in [6, 6.07) is 0. The molecule has 0 aliphatic rings. The molecule has 0 atom stereocenters. The van der Waals surface area contributed by atoms with Crippen LogP contribution in [0.25, 0.3) is 0 Å². The number of amides is 2. The zero-order valence-corrected chi connectivity index (χ0v) is 19.3. The molecule has 0 aliphatic heterocycles. The molecule has 0 N–H and O–H groups in total. The molecule has 0 saturated carbocycles. The first-order valence-electron chi connectivity index (χ1n) is 11.2. The van der Waals surface area contributed by atoms with Crippen LogP contribution in [0.4, 0.5) is 0 Å². The van der Waals surface area contributed by atoms with Gasteiger partial charge in [-0.15, -0.1) is 0 Å². The van der Waals surface area contributed by atoms with Crippen LogP contribution < -0.4 is 0 Å². The zero-order chi connectivity index (χ0) is 20.9. The van der Waals surface area contributed by atoms with Gasteiger partial charge in [0.05, 0.1) is 0 Å². The third-order valence-corrected chi connectivity index (χ3v) is 5.31. The van der Waals surface area contributed by atoms with E-state index in [1.807, 2.05) is 34.9 Å². The van der Waals surface area contributed by atoms with E-state index < -0.39 is 5.92 Å². The highest BCUT2D eigenvalue weighted by atomic mass is 16.2. The second-order valence-corrected chi connectivity index (χ2v) is 9.15. The number of hydrogen-bond acceptors (Lipinski definition) is 2. The van der Waals surface area contributed by atoms with Crippen molar-refractivity contribution in [3.05, 3.63) is 0 Å². The van der Waals surface area contributed by atoms with E-state index in [0.717, 1.165) is 38.8 Å². The number of rotatable bonds is 14. The van der Waals surface area contributed by atoms with E-state index >= 15 is 0 Å². The fourth-order valence-electron chi connectivity index (χ4n) is 3.41. The van der Waals surface area contributed by atoms with Crippen LogP contribution in [0.3, 0.4) is 0 Å². The fourth-order valence-corrected chi connectivity index (χ4v) is 3.41. The Labute approximate surface area is 169 Å². The smallest absolute Gasteiger partial charge is 0.235 e. The molecule has 0 rings (SSSR count). The molecule has 160 valence electrons. The lowest BCUT2D eigenvalue weighted by Gasteiger charge is -2.34. The van der Waals surface area contributed by atoms with Crippen molar-refractivity contribution >= 4 is 11.8 Å². The fraction of sp³-hybridized carbons (Fsp3) is 0.913. The second-order valence-electron chi connectivity index (χ2n) is 9.15. The van der Waals surface area contributed by atoms with Crippen molar-refractivity contribution in [2.75, 3.05) is 27.2 Å². The van der Waals surface area contributed by atoms with Gasteiger partial charge in [0.15, 0.2) is 0 Å². The molecular weight excluding hydrogens is 336 g/mol. The monoisotopic (exact) mass is 382 g/mol. The topological polar surface area (TPSA) is 40.6 Å². The number of carbonyl (C=O) groups excluding carboxylic acids is 2. The molecule has 0 bridgehead atoms. The Morgan fingerprint density at radius 2 is 1.00 bits per heavy atom. The van der Waals surface area contributed by atoms with Gasteiger partial charge in [-0.2, -0.15) is 0 Å². The Kier molecular flexibility index (Phi) is 13.5. The molecule has 4 heteroatoms. The average Bonchev–Trinajstić information content (AvgIpc) is 2.59. The summed E-state index contributed by atoms with van der Waals surface area (Å²) in [5.74, 6) is -0.652. The van der Waals surface area contributed by atoms with Gasteiger partial charge in [0, 0.05) is 27.2 Å². The van der Waals surface area contributed by atoms with Crippen molar-refractivity contribution in [3.63, 3.8) is 0 Å². The Balaban J connectivity index is 4.70. The number of carbonyl (C=O) groups is 2. The van der Waals surface area contributed by atoms with Crippen LogP contribution in [-0.4, -0.2) is 48.8 Å². The van der Waals surface area contributed by atoms with Gasteiger partial charge in [0.2, 0.25) is 11.8 Å². The maximum Gasteiger partial charge on any atom is 0.235 e. The molecule has 0 radical (unpaired) electrons. The van der Waals surface area contributed by atoms with Gasteiger partial charge in [0.25, 0.3) is 0 Å². The van der Waals surface area contributed by atoms with Crippen LogP contribution >= 0.6 is 0 Å². The summed E-state index contributed by atoms with van der Waals surface area (Å²) in [4.78, 5) is 29.6. The molecular formula is C23H46N2O2. The molecule has 0 spiro atoms.